The predicted octanol–water partition coefficient (Wildman–Crippen LogP) is 22.0. The lowest BCUT2D eigenvalue weighted by Gasteiger charge is -2.18. The highest BCUT2D eigenvalue weighted by atomic mass is 16.6. The predicted molar refractivity (Wildman–Crippen MR) is 330 cm³/mol. The molecule has 0 radical (unpaired) electrons. The lowest BCUT2D eigenvalue weighted by molar-refractivity contribution is -0.167. The van der Waals surface area contributed by atoms with Crippen molar-refractivity contribution in [1.29, 1.82) is 0 Å². The van der Waals surface area contributed by atoms with Crippen molar-refractivity contribution in [2.75, 3.05) is 13.2 Å². The Kier molecular flexibility index (Phi) is 60.8. The molecular formula is C70H120O6. The molecule has 0 rings (SSSR count). The van der Waals surface area contributed by atoms with Gasteiger partial charge in [-0.1, -0.05) is 291 Å². The monoisotopic (exact) mass is 1060 g/mol. The van der Waals surface area contributed by atoms with Gasteiger partial charge >= 0.3 is 17.9 Å². The lowest BCUT2D eigenvalue weighted by atomic mass is 10.0. The van der Waals surface area contributed by atoms with Gasteiger partial charge in [0.2, 0.25) is 0 Å². The number of unbranched alkanes of at least 4 members (excludes halogenated alkanes) is 31. The highest BCUT2D eigenvalue weighted by molar-refractivity contribution is 5.71. The van der Waals surface area contributed by atoms with E-state index in [1.807, 2.05) is 0 Å². The summed E-state index contributed by atoms with van der Waals surface area (Å²) in [5.41, 5.74) is 0. The SMILES string of the molecule is CC/C=C\C/C=C\C/C=C\C/C=C\C/C=C\C/C=C\CCCCC(=O)OC(COC(=O)CCCCCCC/C=C\C/C=C\CCC)COC(=O)CCCCCCCCCCCCCCCCCCCCCCCCCC. The number of esters is 3. The highest BCUT2D eigenvalue weighted by Crippen LogP contribution is 2.17. The fraction of sp³-hybridized carbons (Fsp3) is 0.729. The van der Waals surface area contributed by atoms with E-state index in [9.17, 15) is 14.4 Å². The Bertz CT molecular complexity index is 1490. The Morgan fingerprint density at radius 1 is 0.276 bits per heavy atom. The first-order valence-corrected chi connectivity index (χ1v) is 32.2. The summed E-state index contributed by atoms with van der Waals surface area (Å²) in [6.45, 7) is 6.45. The molecule has 0 saturated carbocycles. The Morgan fingerprint density at radius 2 is 0.539 bits per heavy atom. The van der Waals surface area contributed by atoms with Gasteiger partial charge in [-0.05, 0) is 96.3 Å². The number of carbonyl (C=O) groups is 3. The first kappa shape index (κ1) is 72.3. The molecule has 0 aromatic heterocycles. The number of hydrogen-bond donors (Lipinski definition) is 0. The smallest absolute Gasteiger partial charge is 0.306 e. The molecule has 6 heteroatoms. The Balaban J connectivity index is 4.37. The van der Waals surface area contributed by atoms with Gasteiger partial charge in [-0.2, -0.15) is 0 Å². The molecule has 0 amide bonds. The normalized spacial score (nSPS) is 12.7. The first-order valence-electron chi connectivity index (χ1n) is 32.2. The number of carbonyl (C=O) groups excluding carboxylic acids is 3. The molecule has 0 fully saturated rings. The maximum atomic E-state index is 12.9. The van der Waals surface area contributed by atoms with Gasteiger partial charge in [0.25, 0.3) is 0 Å². The van der Waals surface area contributed by atoms with Crippen LogP contribution in [0.5, 0.6) is 0 Å². The Hall–Kier alpha value is -3.67. The van der Waals surface area contributed by atoms with Crippen LogP contribution >= 0.6 is 0 Å². The van der Waals surface area contributed by atoms with Crippen LogP contribution < -0.4 is 0 Å². The van der Waals surface area contributed by atoms with Crippen molar-refractivity contribution in [3.63, 3.8) is 0 Å². The van der Waals surface area contributed by atoms with E-state index < -0.39 is 6.10 Å². The molecule has 0 saturated heterocycles. The zero-order chi connectivity index (χ0) is 55.0. The van der Waals surface area contributed by atoms with Crippen molar-refractivity contribution in [1.82, 2.24) is 0 Å². The van der Waals surface area contributed by atoms with Gasteiger partial charge in [0.05, 0.1) is 0 Å². The van der Waals surface area contributed by atoms with Gasteiger partial charge in [-0.15, -0.1) is 0 Å². The van der Waals surface area contributed by atoms with Crippen LogP contribution in [0.1, 0.15) is 310 Å². The third kappa shape index (κ3) is 61.2. The van der Waals surface area contributed by atoms with Crippen LogP contribution in [-0.4, -0.2) is 37.2 Å². The van der Waals surface area contributed by atoms with E-state index in [0.29, 0.717) is 19.3 Å². The van der Waals surface area contributed by atoms with Gasteiger partial charge in [-0.3, -0.25) is 14.4 Å². The third-order valence-electron chi connectivity index (χ3n) is 13.8. The summed E-state index contributed by atoms with van der Waals surface area (Å²) in [6, 6.07) is 0. The second-order valence-electron chi connectivity index (χ2n) is 21.3. The summed E-state index contributed by atoms with van der Waals surface area (Å²) in [5.74, 6) is -0.947. The molecule has 0 aromatic carbocycles. The minimum atomic E-state index is -0.807. The largest absolute Gasteiger partial charge is 0.462 e. The van der Waals surface area contributed by atoms with E-state index in [2.05, 4.69) is 118 Å². The average molecular weight is 1060 g/mol. The molecule has 76 heavy (non-hydrogen) atoms. The standard InChI is InChI=1S/C70H120O6/c1-4-7-10-13-16-19-22-25-27-29-31-33-34-35-37-38-40-42-45-48-51-54-57-60-63-69(72)75-66-67(65-74-68(71)62-59-56-53-50-47-44-24-21-18-15-12-9-6-3)76-70(73)64-61-58-55-52-49-46-43-41-39-36-32-30-28-26-23-20-17-14-11-8-5-2/h8,11-12,15,17,20-21,24,26,28,32,36,41,43,49,52,67H,4-7,9-10,13-14,16,18-19,22-23,25,27,29-31,33-35,37-40,42,44-48,50-51,53-66H2,1-3H3/b11-8-,15-12-,20-17-,24-21-,28-26-,36-32-,43-41-,52-49-. The topological polar surface area (TPSA) is 78.9 Å². The molecule has 0 heterocycles. The van der Waals surface area contributed by atoms with Crippen LogP contribution in [0.3, 0.4) is 0 Å². The van der Waals surface area contributed by atoms with Crippen molar-refractivity contribution < 1.29 is 28.6 Å². The molecular weight excluding hydrogens is 937 g/mol. The van der Waals surface area contributed by atoms with Crippen LogP contribution in [0.4, 0.5) is 0 Å². The van der Waals surface area contributed by atoms with Gasteiger partial charge in [-0.25, -0.2) is 0 Å². The van der Waals surface area contributed by atoms with Crippen LogP contribution in [-0.2, 0) is 28.6 Å². The molecule has 0 N–H and O–H groups in total. The quantitative estimate of drug-likeness (QED) is 0.0261. The fourth-order valence-corrected chi connectivity index (χ4v) is 9.02. The van der Waals surface area contributed by atoms with E-state index in [-0.39, 0.29) is 37.5 Å². The summed E-state index contributed by atoms with van der Waals surface area (Å²) < 4.78 is 16.9. The minimum Gasteiger partial charge on any atom is -0.462 e. The maximum absolute atomic E-state index is 12.9. The summed E-state index contributed by atoms with van der Waals surface area (Å²) >= 11 is 0. The minimum absolute atomic E-state index is 0.0980. The molecule has 1 unspecified atom stereocenters. The van der Waals surface area contributed by atoms with Gasteiger partial charge in [0.1, 0.15) is 13.2 Å². The summed E-state index contributed by atoms with van der Waals surface area (Å²) in [6.07, 6.45) is 85.7. The molecule has 0 spiro atoms. The van der Waals surface area contributed by atoms with Crippen molar-refractivity contribution in [3.05, 3.63) is 97.2 Å². The van der Waals surface area contributed by atoms with E-state index in [1.54, 1.807) is 0 Å². The van der Waals surface area contributed by atoms with E-state index >= 15 is 0 Å². The number of ether oxygens (including phenoxy) is 3. The molecule has 0 aliphatic carbocycles. The van der Waals surface area contributed by atoms with Crippen molar-refractivity contribution in [2.45, 2.75) is 316 Å². The second-order valence-corrected chi connectivity index (χ2v) is 21.3. The molecule has 436 valence electrons. The van der Waals surface area contributed by atoms with E-state index in [0.717, 1.165) is 122 Å². The van der Waals surface area contributed by atoms with Crippen molar-refractivity contribution in [2.24, 2.45) is 0 Å². The van der Waals surface area contributed by atoms with E-state index in [1.165, 1.54) is 141 Å². The van der Waals surface area contributed by atoms with Crippen LogP contribution in [0, 0.1) is 0 Å². The van der Waals surface area contributed by atoms with Crippen LogP contribution in [0.2, 0.25) is 0 Å². The molecule has 1 atom stereocenters. The van der Waals surface area contributed by atoms with Gasteiger partial charge in [0, 0.05) is 19.3 Å². The summed E-state index contributed by atoms with van der Waals surface area (Å²) in [7, 11) is 0. The van der Waals surface area contributed by atoms with Gasteiger partial charge < -0.3 is 14.2 Å². The Morgan fingerprint density at radius 3 is 0.882 bits per heavy atom. The average Bonchev–Trinajstić information content (AvgIpc) is 3.42. The van der Waals surface area contributed by atoms with Crippen molar-refractivity contribution >= 4 is 17.9 Å². The summed E-state index contributed by atoms with van der Waals surface area (Å²) in [5, 5.41) is 0. The van der Waals surface area contributed by atoms with Crippen LogP contribution in [0.25, 0.3) is 0 Å². The van der Waals surface area contributed by atoms with E-state index in [4.69, 9.17) is 14.2 Å². The summed E-state index contributed by atoms with van der Waals surface area (Å²) in [4.78, 5) is 38.3. The zero-order valence-electron chi connectivity index (χ0n) is 50.0. The van der Waals surface area contributed by atoms with Crippen molar-refractivity contribution in [3.8, 4) is 0 Å². The first-order chi connectivity index (χ1) is 37.5. The number of rotatable bonds is 58. The fourth-order valence-electron chi connectivity index (χ4n) is 9.02. The van der Waals surface area contributed by atoms with Gasteiger partial charge in [0.15, 0.2) is 6.10 Å². The maximum Gasteiger partial charge on any atom is 0.306 e. The van der Waals surface area contributed by atoms with Crippen LogP contribution in [0.15, 0.2) is 97.2 Å². The highest BCUT2D eigenvalue weighted by Gasteiger charge is 2.19. The molecule has 0 aliphatic rings. The Labute approximate surface area is 470 Å². The third-order valence-corrected chi connectivity index (χ3v) is 13.8. The molecule has 6 nitrogen and oxygen atoms in total. The second kappa shape index (κ2) is 63.9. The number of hydrogen-bond acceptors (Lipinski definition) is 6. The molecule has 0 aromatic rings. The molecule has 0 bridgehead atoms. The molecule has 0 aliphatic heterocycles. The zero-order valence-corrected chi connectivity index (χ0v) is 50.0. The number of allylic oxidation sites excluding steroid dienone is 16. The lowest BCUT2D eigenvalue weighted by Crippen LogP contribution is -2.30.